The molecule has 3 N–H and O–H groups in total. The lowest BCUT2D eigenvalue weighted by atomic mass is 10.2. The summed E-state index contributed by atoms with van der Waals surface area (Å²) in [7, 11) is 0. The molecule has 0 aliphatic carbocycles. The number of rotatable bonds is 6. The summed E-state index contributed by atoms with van der Waals surface area (Å²) in [4.78, 5) is 23.9. The number of nitrogens with one attached hydrogen (secondary N) is 3. The van der Waals surface area contributed by atoms with Gasteiger partial charge in [-0.05, 0) is 54.6 Å². The highest BCUT2D eigenvalue weighted by molar-refractivity contribution is 6.02. The number of anilines is 3. The Morgan fingerprint density at radius 2 is 1.65 bits per heavy atom. The predicted octanol–water partition coefficient (Wildman–Crippen LogP) is 3.72. The standard InChI is InChI=1S/C19H16FN3O3/c20-13-6-8-14(9-7-13)22-18(24)12-21-15-3-1-4-16(11-15)23-19(25)17-5-2-10-26-17/h1-11,21H,12H2,(H,22,24)(H,23,25). The topological polar surface area (TPSA) is 83.4 Å². The second kappa shape index (κ2) is 7.98. The smallest absolute Gasteiger partial charge is 0.291 e. The quantitative estimate of drug-likeness (QED) is 0.631. The van der Waals surface area contributed by atoms with E-state index in [1.165, 1.54) is 30.5 Å². The van der Waals surface area contributed by atoms with Crippen LogP contribution in [0, 0.1) is 5.82 Å². The molecule has 0 spiro atoms. The van der Waals surface area contributed by atoms with E-state index in [-0.39, 0.29) is 29.9 Å². The van der Waals surface area contributed by atoms with Crippen LogP contribution in [0.3, 0.4) is 0 Å². The van der Waals surface area contributed by atoms with Gasteiger partial charge in [-0.3, -0.25) is 9.59 Å². The summed E-state index contributed by atoms with van der Waals surface area (Å²) in [6.45, 7) is 0.0208. The molecule has 0 atom stereocenters. The van der Waals surface area contributed by atoms with E-state index in [2.05, 4.69) is 16.0 Å². The summed E-state index contributed by atoms with van der Waals surface area (Å²) in [5, 5.41) is 8.33. The molecule has 0 saturated carbocycles. The summed E-state index contributed by atoms with van der Waals surface area (Å²) >= 11 is 0. The molecule has 0 saturated heterocycles. The molecule has 3 rings (SSSR count). The fourth-order valence-electron chi connectivity index (χ4n) is 2.23. The first-order valence-electron chi connectivity index (χ1n) is 7.84. The summed E-state index contributed by atoms with van der Waals surface area (Å²) < 4.78 is 17.9. The van der Waals surface area contributed by atoms with Crippen LogP contribution in [-0.2, 0) is 4.79 Å². The molecular formula is C19H16FN3O3. The lowest BCUT2D eigenvalue weighted by molar-refractivity contribution is -0.114. The highest BCUT2D eigenvalue weighted by atomic mass is 19.1. The molecule has 0 unspecified atom stereocenters. The molecule has 1 aromatic heterocycles. The summed E-state index contributed by atoms with van der Waals surface area (Å²) in [5.41, 5.74) is 1.74. The Balaban J connectivity index is 1.54. The lowest BCUT2D eigenvalue weighted by Gasteiger charge is -2.10. The van der Waals surface area contributed by atoms with Crippen molar-refractivity contribution in [3.8, 4) is 0 Å². The maximum Gasteiger partial charge on any atom is 0.291 e. The average Bonchev–Trinajstić information content (AvgIpc) is 3.17. The van der Waals surface area contributed by atoms with Gasteiger partial charge in [0.25, 0.3) is 5.91 Å². The molecule has 26 heavy (non-hydrogen) atoms. The van der Waals surface area contributed by atoms with Crippen LogP contribution in [0.1, 0.15) is 10.6 Å². The third-order valence-corrected chi connectivity index (χ3v) is 3.45. The van der Waals surface area contributed by atoms with Crippen LogP contribution in [0.15, 0.2) is 71.3 Å². The van der Waals surface area contributed by atoms with Gasteiger partial charge >= 0.3 is 0 Å². The minimum atomic E-state index is -0.366. The van der Waals surface area contributed by atoms with Gasteiger partial charge in [-0.1, -0.05) is 6.07 Å². The van der Waals surface area contributed by atoms with Crippen LogP contribution in [0.4, 0.5) is 21.5 Å². The third-order valence-electron chi connectivity index (χ3n) is 3.45. The lowest BCUT2D eigenvalue weighted by Crippen LogP contribution is -2.21. The van der Waals surface area contributed by atoms with Crippen molar-refractivity contribution in [2.75, 3.05) is 22.5 Å². The van der Waals surface area contributed by atoms with Gasteiger partial charge in [0.1, 0.15) is 5.82 Å². The van der Waals surface area contributed by atoms with E-state index in [1.807, 2.05) is 0 Å². The van der Waals surface area contributed by atoms with Crippen molar-refractivity contribution < 1.29 is 18.4 Å². The second-order valence-corrected chi connectivity index (χ2v) is 5.42. The average molecular weight is 353 g/mol. The van der Waals surface area contributed by atoms with Gasteiger partial charge in [-0.25, -0.2) is 4.39 Å². The van der Waals surface area contributed by atoms with Crippen molar-refractivity contribution in [2.45, 2.75) is 0 Å². The fraction of sp³-hybridized carbons (Fsp3) is 0.0526. The zero-order valence-electron chi connectivity index (χ0n) is 13.7. The van der Waals surface area contributed by atoms with E-state index in [0.29, 0.717) is 17.1 Å². The van der Waals surface area contributed by atoms with Crippen molar-refractivity contribution in [3.63, 3.8) is 0 Å². The van der Waals surface area contributed by atoms with Crippen molar-refractivity contribution in [1.29, 1.82) is 0 Å². The summed E-state index contributed by atoms with van der Waals surface area (Å²) in [6, 6.07) is 15.7. The molecule has 0 radical (unpaired) electrons. The number of benzene rings is 2. The zero-order valence-corrected chi connectivity index (χ0v) is 13.7. The Morgan fingerprint density at radius 3 is 2.38 bits per heavy atom. The Labute approximate surface area is 149 Å². The van der Waals surface area contributed by atoms with E-state index >= 15 is 0 Å². The van der Waals surface area contributed by atoms with E-state index in [4.69, 9.17) is 4.42 Å². The number of hydrogen-bond donors (Lipinski definition) is 3. The SMILES string of the molecule is O=C(CNc1cccc(NC(=O)c2ccco2)c1)Nc1ccc(F)cc1. The molecule has 3 aromatic rings. The van der Waals surface area contributed by atoms with Gasteiger partial charge in [0, 0.05) is 17.1 Å². The van der Waals surface area contributed by atoms with Gasteiger partial charge in [0.15, 0.2) is 5.76 Å². The highest BCUT2D eigenvalue weighted by Gasteiger charge is 2.09. The Kier molecular flexibility index (Phi) is 5.28. The van der Waals surface area contributed by atoms with Gasteiger partial charge in [-0.15, -0.1) is 0 Å². The van der Waals surface area contributed by atoms with Crippen LogP contribution in [0.25, 0.3) is 0 Å². The molecule has 132 valence electrons. The van der Waals surface area contributed by atoms with Crippen molar-refractivity contribution in [2.24, 2.45) is 0 Å². The molecule has 6 nitrogen and oxygen atoms in total. The second-order valence-electron chi connectivity index (χ2n) is 5.42. The normalized spacial score (nSPS) is 10.2. The Morgan fingerprint density at radius 1 is 0.885 bits per heavy atom. The van der Waals surface area contributed by atoms with Crippen molar-refractivity contribution in [3.05, 3.63) is 78.5 Å². The van der Waals surface area contributed by atoms with E-state index in [9.17, 15) is 14.0 Å². The minimum absolute atomic E-state index is 0.0208. The van der Waals surface area contributed by atoms with E-state index in [1.54, 1.807) is 36.4 Å². The largest absolute Gasteiger partial charge is 0.459 e. The Hall–Kier alpha value is -3.61. The maximum absolute atomic E-state index is 12.9. The van der Waals surface area contributed by atoms with Crippen LogP contribution in [0.2, 0.25) is 0 Å². The summed E-state index contributed by atoms with van der Waals surface area (Å²) in [5.74, 6) is -0.792. The van der Waals surface area contributed by atoms with Crippen LogP contribution in [-0.4, -0.2) is 18.4 Å². The first-order chi connectivity index (χ1) is 12.6. The number of carbonyl (C=O) groups excluding carboxylic acids is 2. The molecule has 7 heteroatoms. The van der Waals surface area contributed by atoms with Gasteiger partial charge in [0.05, 0.1) is 12.8 Å². The van der Waals surface area contributed by atoms with Crippen LogP contribution < -0.4 is 16.0 Å². The van der Waals surface area contributed by atoms with E-state index < -0.39 is 0 Å². The maximum atomic E-state index is 12.9. The Bertz CT molecular complexity index is 893. The van der Waals surface area contributed by atoms with Crippen LogP contribution in [0.5, 0.6) is 0 Å². The molecule has 0 aliphatic rings. The number of amides is 2. The minimum Gasteiger partial charge on any atom is -0.459 e. The van der Waals surface area contributed by atoms with Crippen molar-refractivity contribution in [1.82, 2.24) is 0 Å². The first kappa shape index (κ1) is 17.2. The molecule has 0 fully saturated rings. The number of halogens is 1. The summed E-state index contributed by atoms with van der Waals surface area (Å²) in [6.07, 6.45) is 1.42. The predicted molar refractivity (Wildman–Crippen MR) is 96.6 cm³/mol. The van der Waals surface area contributed by atoms with Gasteiger partial charge in [0.2, 0.25) is 5.91 Å². The molecular weight excluding hydrogens is 337 g/mol. The zero-order chi connectivity index (χ0) is 18.4. The molecule has 0 bridgehead atoms. The van der Waals surface area contributed by atoms with Crippen LogP contribution >= 0.6 is 0 Å². The molecule has 2 amide bonds. The molecule has 2 aromatic carbocycles. The van der Waals surface area contributed by atoms with Gasteiger partial charge in [-0.2, -0.15) is 0 Å². The van der Waals surface area contributed by atoms with Gasteiger partial charge < -0.3 is 20.4 Å². The number of carbonyl (C=O) groups is 2. The molecule has 1 heterocycles. The van der Waals surface area contributed by atoms with Crippen molar-refractivity contribution >= 4 is 28.9 Å². The molecule has 0 aliphatic heterocycles. The number of furan rings is 1. The fourth-order valence-corrected chi connectivity index (χ4v) is 2.23. The first-order valence-corrected chi connectivity index (χ1v) is 7.84. The van der Waals surface area contributed by atoms with E-state index in [0.717, 1.165) is 0 Å². The monoisotopic (exact) mass is 353 g/mol. The third kappa shape index (κ3) is 4.70. The number of hydrogen-bond acceptors (Lipinski definition) is 4. The highest BCUT2D eigenvalue weighted by Crippen LogP contribution is 2.16.